The number of pyridine rings is 1. The molecule has 6 heteroatoms. The zero-order chi connectivity index (χ0) is 21.9. The highest BCUT2D eigenvalue weighted by Crippen LogP contribution is 2.22. The Morgan fingerprint density at radius 2 is 1.57 bits per heavy atom. The third-order valence-electron chi connectivity index (χ3n) is 5.02. The molecule has 156 valence electrons. The van der Waals surface area contributed by atoms with E-state index >= 15 is 0 Å². The van der Waals surface area contributed by atoms with Crippen LogP contribution in [0.5, 0.6) is 0 Å². The molecule has 0 aliphatic rings. The van der Waals surface area contributed by atoms with Crippen LogP contribution in [0.3, 0.4) is 0 Å². The number of hydrogen-bond donors (Lipinski definition) is 0. The molecule has 0 radical (unpaired) electrons. The highest BCUT2D eigenvalue weighted by molar-refractivity contribution is 7.85. The molecule has 0 aliphatic heterocycles. The molecule has 4 aromatic rings. The fourth-order valence-corrected chi connectivity index (χ4v) is 3.66. The Kier molecular flexibility index (Phi) is 6.39. The van der Waals surface area contributed by atoms with Gasteiger partial charge in [-0.15, -0.1) is 0 Å². The molecule has 0 unspecified atom stereocenters. The average Bonchev–Trinajstić information content (AvgIpc) is 3.05. The Morgan fingerprint density at radius 1 is 0.933 bits per heavy atom. The number of nitrogens with zero attached hydrogens (tertiary/aromatic N) is 2. The van der Waals surface area contributed by atoms with Crippen LogP contribution in [0.2, 0.25) is 0 Å². The maximum atomic E-state index is 10.4. The Labute approximate surface area is 178 Å². The fraction of sp³-hybridized carbons (Fsp3) is 0.208. The van der Waals surface area contributed by atoms with Crippen LogP contribution in [0.4, 0.5) is 0 Å². The maximum Gasteiger partial charge on any atom is 0.286 e. The molecular weight excluding hydrogens is 396 g/mol. The standard InChI is InChI=1S/C17H19N2.C7H8O3S/c1-13(2)14-7-9-15(10-8-14)16-12-19-11-5-4-6-17(19)18(16)3;1-6-2-4-7(5-3-6)11(8,9)10/h4-13H,1-3H3;2-5H,1H3,(H,8,9,10)/q+1;/p-1. The smallest absolute Gasteiger partial charge is 0.286 e. The van der Waals surface area contributed by atoms with Crippen LogP contribution in [0.15, 0.2) is 84.0 Å². The highest BCUT2D eigenvalue weighted by atomic mass is 32.2. The highest BCUT2D eigenvalue weighted by Gasteiger charge is 2.15. The number of fused-ring (bicyclic) bond motifs is 1. The van der Waals surface area contributed by atoms with Crippen LogP contribution < -0.4 is 4.40 Å². The molecule has 0 spiro atoms. The van der Waals surface area contributed by atoms with E-state index in [9.17, 15) is 13.0 Å². The van der Waals surface area contributed by atoms with Gasteiger partial charge in [0.05, 0.1) is 18.1 Å². The average molecular weight is 423 g/mol. The van der Waals surface area contributed by atoms with E-state index in [0.29, 0.717) is 5.92 Å². The molecule has 0 amide bonds. The van der Waals surface area contributed by atoms with Crippen molar-refractivity contribution >= 4 is 15.8 Å². The molecule has 0 saturated heterocycles. The summed E-state index contributed by atoms with van der Waals surface area (Å²) in [4.78, 5) is -0.178. The lowest BCUT2D eigenvalue weighted by atomic mass is 10.0. The van der Waals surface area contributed by atoms with E-state index in [1.54, 1.807) is 12.1 Å². The van der Waals surface area contributed by atoms with Crippen LogP contribution in [-0.2, 0) is 17.2 Å². The summed E-state index contributed by atoms with van der Waals surface area (Å²) in [6.45, 7) is 6.27. The van der Waals surface area contributed by atoms with Gasteiger partial charge in [-0.3, -0.25) is 0 Å². The third kappa shape index (κ3) is 4.96. The Bertz CT molecular complexity index is 1240. The van der Waals surface area contributed by atoms with Gasteiger partial charge in [0.15, 0.2) is 5.69 Å². The fourth-order valence-electron chi connectivity index (χ4n) is 3.19. The van der Waals surface area contributed by atoms with Crippen LogP contribution >= 0.6 is 0 Å². The van der Waals surface area contributed by atoms with Crippen molar-refractivity contribution in [1.82, 2.24) is 4.57 Å². The first-order valence-corrected chi connectivity index (χ1v) is 11.2. The number of hydrogen-bond acceptors (Lipinski definition) is 3. The van der Waals surface area contributed by atoms with Crippen molar-refractivity contribution in [3.8, 4) is 11.3 Å². The lowest BCUT2D eigenvalue weighted by Gasteiger charge is -2.05. The summed E-state index contributed by atoms with van der Waals surface area (Å²) >= 11 is 0. The Balaban J connectivity index is 0.000000199. The summed E-state index contributed by atoms with van der Waals surface area (Å²) < 4.78 is 35.6. The van der Waals surface area contributed by atoms with Gasteiger partial charge in [0, 0.05) is 11.6 Å². The summed E-state index contributed by atoms with van der Waals surface area (Å²) in [5.41, 5.74) is 6.01. The molecule has 0 saturated carbocycles. The third-order valence-corrected chi connectivity index (χ3v) is 5.87. The van der Waals surface area contributed by atoms with Crippen LogP contribution in [-0.4, -0.2) is 17.5 Å². The quantitative estimate of drug-likeness (QED) is 0.362. The normalized spacial score (nSPS) is 11.4. The molecule has 4 rings (SSSR count). The van der Waals surface area contributed by atoms with E-state index in [1.165, 1.54) is 34.6 Å². The van der Waals surface area contributed by atoms with E-state index < -0.39 is 10.1 Å². The second-order valence-electron chi connectivity index (χ2n) is 7.58. The second kappa shape index (κ2) is 8.81. The first kappa shape index (κ1) is 21.7. The van der Waals surface area contributed by atoms with Crippen molar-refractivity contribution in [3.63, 3.8) is 0 Å². The minimum Gasteiger partial charge on any atom is -0.744 e. The summed E-state index contributed by atoms with van der Waals surface area (Å²) in [5.74, 6) is 0.580. The summed E-state index contributed by atoms with van der Waals surface area (Å²) in [5, 5.41) is 0. The molecule has 0 atom stereocenters. The van der Waals surface area contributed by atoms with E-state index in [0.717, 1.165) is 5.56 Å². The van der Waals surface area contributed by atoms with Crippen molar-refractivity contribution in [1.29, 1.82) is 0 Å². The van der Waals surface area contributed by atoms with Gasteiger partial charge in [-0.25, -0.2) is 17.4 Å². The summed E-state index contributed by atoms with van der Waals surface area (Å²) in [6, 6.07) is 20.9. The topological polar surface area (TPSA) is 66.2 Å². The lowest BCUT2D eigenvalue weighted by Crippen LogP contribution is -2.17. The first-order chi connectivity index (χ1) is 14.2. The number of aryl methyl sites for hydroxylation is 2. The van der Waals surface area contributed by atoms with Crippen molar-refractivity contribution in [2.24, 2.45) is 7.05 Å². The molecule has 30 heavy (non-hydrogen) atoms. The zero-order valence-corrected chi connectivity index (χ0v) is 18.4. The Hall–Kier alpha value is -2.96. The monoisotopic (exact) mass is 422 g/mol. The SMILES string of the molecule is CC(C)c1ccc(-c2c[n+]3ccccc3n2C)cc1.Cc1ccc(S(=O)(=O)[O-])cc1. The van der Waals surface area contributed by atoms with E-state index in [-0.39, 0.29) is 4.90 Å². The maximum absolute atomic E-state index is 10.4. The number of rotatable bonds is 3. The van der Waals surface area contributed by atoms with Gasteiger partial charge in [0.1, 0.15) is 16.3 Å². The van der Waals surface area contributed by atoms with Crippen LogP contribution in [0.25, 0.3) is 16.9 Å². The predicted octanol–water partition coefficient (Wildman–Crippen LogP) is 4.45. The summed E-state index contributed by atoms with van der Waals surface area (Å²) in [6.07, 6.45) is 4.26. The van der Waals surface area contributed by atoms with Gasteiger partial charge in [-0.1, -0.05) is 61.9 Å². The van der Waals surface area contributed by atoms with E-state index in [2.05, 4.69) is 84.7 Å². The minimum atomic E-state index is -4.27. The van der Waals surface area contributed by atoms with Crippen molar-refractivity contribution in [3.05, 3.63) is 90.3 Å². The molecule has 5 nitrogen and oxygen atoms in total. The minimum absolute atomic E-state index is 0.178. The molecule has 2 aromatic heterocycles. The van der Waals surface area contributed by atoms with Crippen LogP contribution in [0, 0.1) is 6.92 Å². The predicted molar refractivity (Wildman–Crippen MR) is 117 cm³/mol. The second-order valence-corrected chi connectivity index (χ2v) is 8.96. The molecule has 2 aromatic carbocycles. The molecule has 0 N–H and O–H groups in total. The molecule has 0 bridgehead atoms. The number of imidazole rings is 1. The van der Waals surface area contributed by atoms with Gasteiger partial charge < -0.3 is 4.55 Å². The van der Waals surface area contributed by atoms with Gasteiger partial charge >= 0.3 is 0 Å². The number of aromatic nitrogens is 2. The van der Waals surface area contributed by atoms with Crippen LogP contribution in [0.1, 0.15) is 30.9 Å². The molecule has 0 fully saturated rings. The zero-order valence-electron chi connectivity index (χ0n) is 17.6. The van der Waals surface area contributed by atoms with Crippen molar-refractivity contribution in [2.75, 3.05) is 0 Å². The summed E-state index contributed by atoms with van der Waals surface area (Å²) in [7, 11) is -2.16. The van der Waals surface area contributed by atoms with Crippen molar-refractivity contribution < 1.29 is 17.4 Å². The van der Waals surface area contributed by atoms with E-state index in [1.807, 2.05) is 6.92 Å². The number of benzene rings is 2. The van der Waals surface area contributed by atoms with Gasteiger partial charge in [0.25, 0.3) is 5.65 Å². The van der Waals surface area contributed by atoms with Gasteiger partial charge in [-0.2, -0.15) is 0 Å². The lowest BCUT2D eigenvalue weighted by molar-refractivity contribution is -0.510. The van der Waals surface area contributed by atoms with Crippen molar-refractivity contribution in [2.45, 2.75) is 31.6 Å². The Morgan fingerprint density at radius 3 is 2.10 bits per heavy atom. The van der Waals surface area contributed by atoms with Gasteiger partial charge in [0.2, 0.25) is 0 Å². The van der Waals surface area contributed by atoms with E-state index in [4.69, 9.17) is 0 Å². The first-order valence-electron chi connectivity index (χ1n) is 9.75. The van der Waals surface area contributed by atoms with Gasteiger partial charge in [-0.05, 0) is 36.6 Å². The molecular formula is C24H26N2O3S. The largest absolute Gasteiger partial charge is 0.744 e. The molecule has 0 aliphatic carbocycles. The molecule has 2 heterocycles.